The molecule has 1 aromatic heterocycles. The van der Waals surface area contributed by atoms with Gasteiger partial charge in [0.2, 0.25) is 0 Å². The van der Waals surface area contributed by atoms with Crippen molar-refractivity contribution in [2.24, 2.45) is 5.73 Å². The Kier molecular flexibility index (Phi) is 3.96. The molecule has 0 amide bonds. The Morgan fingerprint density at radius 1 is 1.54 bits per heavy atom. The molecule has 3 heteroatoms. The van der Waals surface area contributed by atoms with Crippen molar-refractivity contribution >= 4 is 0 Å². The van der Waals surface area contributed by atoms with Crippen LogP contribution in [0.5, 0.6) is 0 Å². The van der Waals surface area contributed by atoms with Crippen molar-refractivity contribution in [3.8, 4) is 0 Å². The van der Waals surface area contributed by atoms with Gasteiger partial charge in [0.1, 0.15) is 0 Å². The van der Waals surface area contributed by atoms with Crippen LogP contribution in [-0.4, -0.2) is 9.78 Å². The molecule has 0 aliphatic heterocycles. The van der Waals surface area contributed by atoms with E-state index in [0.717, 1.165) is 18.5 Å². The van der Waals surface area contributed by atoms with E-state index in [2.05, 4.69) is 25.1 Å². The average Bonchev–Trinajstić information content (AvgIpc) is 2.62. The zero-order valence-corrected chi connectivity index (χ0v) is 8.53. The van der Waals surface area contributed by atoms with Crippen molar-refractivity contribution in [1.82, 2.24) is 9.78 Å². The highest BCUT2D eigenvalue weighted by atomic mass is 15.3. The Labute approximate surface area is 79.9 Å². The van der Waals surface area contributed by atoms with E-state index in [9.17, 15) is 0 Å². The fraction of sp³-hybridized carbons (Fsp3) is 0.700. The Morgan fingerprint density at radius 2 is 2.31 bits per heavy atom. The molecule has 2 N–H and O–H groups in total. The number of aryl methyl sites for hydroxylation is 1. The first-order valence-electron chi connectivity index (χ1n) is 5.05. The molecular weight excluding hydrogens is 162 g/mol. The van der Waals surface area contributed by atoms with Crippen LogP contribution in [0.4, 0.5) is 0 Å². The molecule has 13 heavy (non-hydrogen) atoms. The van der Waals surface area contributed by atoms with Crippen LogP contribution in [-0.2, 0) is 6.54 Å². The number of nitrogens with two attached hydrogens (primary N) is 1. The lowest BCUT2D eigenvalue weighted by atomic mass is 10.1. The minimum Gasteiger partial charge on any atom is -0.324 e. The number of hydrogen-bond donors (Lipinski definition) is 1. The first-order chi connectivity index (χ1) is 6.27. The van der Waals surface area contributed by atoms with Gasteiger partial charge in [0.15, 0.2) is 0 Å². The molecule has 0 saturated carbocycles. The fourth-order valence-corrected chi connectivity index (χ4v) is 1.25. The van der Waals surface area contributed by atoms with Crippen molar-refractivity contribution in [1.29, 1.82) is 0 Å². The predicted octanol–water partition coefficient (Wildman–Crippen LogP) is 2.09. The van der Waals surface area contributed by atoms with Crippen LogP contribution < -0.4 is 5.73 Å². The summed E-state index contributed by atoms with van der Waals surface area (Å²) in [5.74, 6) is 0. The van der Waals surface area contributed by atoms with Crippen LogP contribution in [0, 0.1) is 0 Å². The first kappa shape index (κ1) is 10.3. The smallest absolute Gasteiger partial charge is 0.0537 e. The van der Waals surface area contributed by atoms with E-state index in [4.69, 9.17) is 5.73 Å². The molecule has 0 bridgehead atoms. The molecule has 0 fully saturated rings. The maximum Gasteiger partial charge on any atom is 0.0537 e. The summed E-state index contributed by atoms with van der Waals surface area (Å²) in [4.78, 5) is 0. The molecule has 0 aromatic carbocycles. The molecular formula is C10H19N3. The Balaban J connectivity index is 2.53. The molecule has 1 heterocycles. The summed E-state index contributed by atoms with van der Waals surface area (Å²) in [5, 5.41) is 4.26. The van der Waals surface area contributed by atoms with Gasteiger partial charge in [-0.15, -0.1) is 0 Å². The summed E-state index contributed by atoms with van der Waals surface area (Å²) in [5.41, 5.74) is 7.03. The molecule has 1 aromatic rings. The zero-order valence-electron chi connectivity index (χ0n) is 8.53. The summed E-state index contributed by atoms with van der Waals surface area (Å²) >= 11 is 0. The maximum atomic E-state index is 5.88. The van der Waals surface area contributed by atoms with Crippen molar-refractivity contribution in [3.63, 3.8) is 0 Å². The van der Waals surface area contributed by atoms with Crippen LogP contribution >= 0.6 is 0 Å². The second-order valence-electron chi connectivity index (χ2n) is 3.41. The van der Waals surface area contributed by atoms with E-state index in [1.807, 2.05) is 10.9 Å². The monoisotopic (exact) mass is 181 g/mol. The Hall–Kier alpha value is -0.830. The maximum absolute atomic E-state index is 5.88. The molecule has 1 rings (SSSR count). The van der Waals surface area contributed by atoms with E-state index in [1.54, 1.807) is 0 Å². The van der Waals surface area contributed by atoms with Gasteiger partial charge in [0.25, 0.3) is 0 Å². The lowest BCUT2D eigenvalue weighted by Crippen LogP contribution is -2.07. The molecule has 0 spiro atoms. The van der Waals surface area contributed by atoms with Crippen LogP contribution in [0.25, 0.3) is 0 Å². The summed E-state index contributed by atoms with van der Waals surface area (Å²) in [6.45, 7) is 5.28. The second-order valence-corrected chi connectivity index (χ2v) is 3.41. The minimum absolute atomic E-state index is 0.148. The largest absolute Gasteiger partial charge is 0.324 e. The molecule has 74 valence electrons. The van der Waals surface area contributed by atoms with Gasteiger partial charge < -0.3 is 5.73 Å². The van der Waals surface area contributed by atoms with Gasteiger partial charge in [-0.2, -0.15) is 5.10 Å². The molecule has 0 saturated heterocycles. The van der Waals surface area contributed by atoms with Crippen molar-refractivity contribution in [2.75, 3.05) is 0 Å². The highest BCUT2D eigenvalue weighted by Crippen LogP contribution is 2.12. The number of unbranched alkanes of at least 4 members (excludes halogenated alkanes) is 1. The van der Waals surface area contributed by atoms with Crippen molar-refractivity contribution < 1.29 is 0 Å². The van der Waals surface area contributed by atoms with E-state index in [0.29, 0.717) is 0 Å². The zero-order chi connectivity index (χ0) is 9.68. The molecule has 1 atom stereocenters. The van der Waals surface area contributed by atoms with Crippen LogP contribution in [0.3, 0.4) is 0 Å². The van der Waals surface area contributed by atoms with E-state index in [1.165, 1.54) is 12.8 Å². The fourth-order valence-electron chi connectivity index (χ4n) is 1.25. The summed E-state index contributed by atoms with van der Waals surface area (Å²) in [6, 6.07) is 0.148. The van der Waals surface area contributed by atoms with E-state index in [-0.39, 0.29) is 6.04 Å². The first-order valence-corrected chi connectivity index (χ1v) is 5.05. The number of hydrogen-bond acceptors (Lipinski definition) is 2. The van der Waals surface area contributed by atoms with Crippen molar-refractivity contribution in [2.45, 2.75) is 45.7 Å². The van der Waals surface area contributed by atoms with Gasteiger partial charge in [-0.05, 0) is 12.8 Å². The van der Waals surface area contributed by atoms with Gasteiger partial charge in [-0.25, -0.2) is 0 Å². The number of aromatic nitrogens is 2. The quantitative estimate of drug-likeness (QED) is 0.756. The number of nitrogens with zero attached hydrogens (tertiary/aromatic N) is 2. The van der Waals surface area contributed by atoms with Gasteiger partial charge in [-0.1, -0.05) is 20.3 Å². The lowest BCUT2D eigenvalue weighted by molar-refractivity contribution is 0.570. The third kappa shape index (κ3) is 2.84. The Morgan fingerprint density at radius 3 is 2.92 bits per heavy atom. The second kappa shape index (κ2) is 5.02. The SMILES string of the molecule is CCCCn1cc(C(N)CC)cn1. The highest BCUT2D eigenvalue weighted by molar-refractivity contribution is 5.08. The molecule has 0 aliphatic rings. The topological polar surface area (TPSA) is 43.8 Å². The number of rotatable bonds is 5. The van der Waals surface area contributed by atoms with Crippen LogP contribution in [0.15, 0.2) is 12.4 Å². The van der Waals surface area contributed by atoms with Gasteiger partial charge >= 0.3 is 0 Å². The third-order valence-electron chi connectivity index (χ3n) is 2.26. The third-order valence-corrected chi connectivity index (χ3v) is 2.26. The summed E-state index contributed by atoms with van der Waals surface area (Å²) < 4.78 is 1.98. The van der Waals surface area contributed by atoms with Gasteiger partial charge in [0, 0.05) is 24.3 Å². The standard InChI is InChI=1S/C10H19N3/c1-3-5-6-13-8-9(7-12-13)10(11)4-2/h7-8,10H,3-6,11H2,1-2H3. The van der Waals surface area contributed by atoms with Crippen LogP contribution in [0.1, 0.15) is 44.7 Å². The summed E-state index contributed by atoms with van der Waals surface area (Å²) in [6.07, 6.45) is 7.30. The van der Waals surface area contributed by atoms with E-state index >= 15 is 0 Å². The van der Waals surface area contributed by atoms with Crippen LogP contribution in [0.2, 0.25) is 0 Å². The average molecular weight is 181 g/mol. The lowest BCUT2D eigenvalue weighted by Gasteiger charge is -2.03. The van der Waals surface area contributed by atoms with Gasteiger partial charge in [-0.3, -0.25) is 4.68 Å². The highest BCUT2D eigenvalue weighted by Gasteiger charge is 2.05. The molecule has 0 aliphatic carbocycles. The van der Waals surface area contributed by atoms with Crippen molar-refractivity contribution in [3.05, 3.63) is 18.0 Å². The predicted molar refractivity (Wildman–Crippen MR) is 54.4 cm³/mol. The minimum atomic E-state index is 0.148. The molecule has 1 unspecified atom stereocenters. The molecule has 0 radical (unpaired) electrons. The summed E-state index contributed by atoms with van der Waals surface area (Å²) in [7, 11) is 0. The molecule has 3 nitrogen and oxygen atoms in total. The Bertz CT molecular complexity index is 242. The van der Waals surface area contributed by atoms with Gasteiger partial charge in [0.05, 0.1) is 6.20 Å². The normalized spacial score (nSPS) is 13.2. The van der Waals surface area contributed by atoms with E-state index < -0.39 is 0 Å².